The van der Waals surface area contributed by atoms with E-state index in [9.17, 15) is 22.8 Å². The number of carbonyl (C=O) groups is 2. The Labute approximate surface area is 228 Å². The summed E-state index contributed by atoms with van der Waals surface area (Å²) in [4.78, 5) is 29.4. The van der Waals surface area contributed by atoms with E-state index < -0.39 is 18.0 Å². The van der Waals surface area contributed by atoms with E-state index >= 15 is 0 Å². The molecule has 0 unspecified atom stereocenters. The highest BCUT2D eigenvalue weighted by Crippen LogP contribution is 2.47. The first-order chi connectivity index (χ1) is 18.8. The molecule has 0 fully saturated rings. The molecule has 2 N–H and O–H groups in total. The number of methoxy groups -OCH3 is 1. The lowest BCUT2D eigenvalue weighted by molar-refractivity contribution is -0.145. The molecule has 2 heterocycles. The fourth-order valence-electron chi connectivity index (χ4n) is 4.99. The van der Waals surface area contributed by atoms with Crippen molar-refractivity contribution in [2.24, 2.45) is 5.41 Å². The monoisotopic (exact) mass is 555 g/mol. The van der Waals surface area contributed by atoms with Crippen molar-refractivity contribution in [3.63, 3.8) is 0 Å². The molecule has 1 aliphatic carbocycles. The Morgan fingerprint density at radius 2 is 1.88 bits per heavy atom. The largest absolute Gasteiger partial charge is 0.493 e. The van der Waals surface area contributed by atoms with E-state index in [4.69, 9.17) is 9.47 Å². The van der Waals surface area contributed by atoms with Gasteiger partial charge in [0.2, 0.25) is 5.95 Å². The number of ketones is 1. The topological polar surface area (TPSA) is 107 Å². The lowest BCUT2D eigenvalue weighted by atomic mass is 9.73. The van der Waals surface area contributed by atoms with Crippen LogP contribution >= 0.6 is 0 Å². The van der Waals surface area contributed by atoms with E-state index in [1.165, 1.54) is 7.11 Å². The number of rotatable bonds is 6. The summed E-state index contributed by atoms with van der Waals surface area (Å²) in [6, 6.07) is 11.1. The third kappa shape index (κ3) is 5.38. The van der Waals surface area contributed by atoms with Gasteiger partial charge in [-0.15, -0.1) is 5.10 Å². The van der Waals surface area contributed by atoms with Gasteiger partial charge in [-0.3, -0.25) is 9.59 Å². The molecule has 1 aromatic heterocycles. The summed E-state index contributed by atoms with van der Waals surface area (Å²) in [5, 5.41) is 9.39. The maximum atomic E-state index is 13.5. The van der Waals surface area contributed by atoms with E-state index in [2.05, 4.69) is 20.7 Å². The van der Waals surface area contributed by atoms with Gasteiger partial charge in [-0.2, -0.15) is 18.2 Å². The number of nitrogens with zero attached hydrogens (tertiary/aromatic N) is 3. The number of allylic oxidation sites excluding steroid dienone is 2. The second kappa shape index (κ2) is 10.00. The predicted octanol–water partition coefficient (Wildman–Crippen LogP) is 5.29. The van der Waals surface area contributed by atoms with Crippen molar-refractivity contribution in [2.45, 2.75) is 45.8 Å². The van der Waals surface area contributed by atoms with Crippen LogP contribution in [0.3, 0.4) is 0 Å². The fourth-order valence-corrected chi connectivity index (χ4v) is 4.99. The number of alkyl halides is 3. The van der Waals surface area contributed by atoms with Crippen molar-refractivity contribution < 1.29 is 32.2 Å². The highest BCUT2D eigenvalue weighted by Gasteiger charge is 2.44. The second-order valence-electron chi connectivity index (χ2n) is 10.7. The molecule has 1 amide bonds. The molecule has 9 nitrogen and oxygen atoms in total. The van der Waals surface area contributed by atoms with Gasteiger partial charge in [0, 0.05) is 23.4 Å². The minimum Gasteiger partial charge on any atom is -0.493 e. The molecular formula is C28H28F3N5O4. The Bertz CT molecular complexity index is 1510. The van der Waals surface area contributed by atoms with Crippen LogP contribution in [0.4, 0.5) is 24.8 Å². The molecule has 0 saturated heterocycles. The minimum absolute atomic E-state index is 0.103. The number of ether oxygens (including phenoxy) is 2. The van der Waals surface area contributed by atoms with Gasteiger partial charge in [0.25, 0.3) is 11.7 Å². The van der Waals surface area contributed by atoms with E-state index in [1.54, 1.807) is 30.3 Å². The van der Waals surface area contributed by atoms with Gasteiger partial charge in [-0.1, -0.05) is 37.6 Å². The van der Waals surface area contributed by atoms with Crippen molar-refractivity contribution in [1.29, 1.82) is 0 Å². The average molecular weight is 556 g/mol. The van der Waals surface area contributed by atoms with Crippen LogP contribution < -0.4 is 20.1 Å². The lowest BCUT2D eigenvalue weighted by Crippen LogP contribution is -2.36. The summed E-state index contributed by atoms with van der Waals surface area (Å²) >= 11 is 0. The molecule has 2 aromatic carbocycles. The van der Waals surface area contributed by atoms with E-state index in [0.717, 1.165) is 10.2 Å². The summed E-state index contributed by atoms with van der Waals surface area (Å²) in [5.41, 5.74) is 2.61. The van der Waals surface area contributed by atoms with Crippen LogP contribution in [0.25, 0.3) is 0 Å². The summed E-state index contributed by atoms with van der Waals surface area (Å²) in [6.45, 7) is 5.49. The summed E-state index contributed by atoms with van der Waals surface area (Å²) in [6.07, 6.45) is -4.09. The van der Waals surface area contributed by atoms with Gasteiger partial charge in [0.1, 0.15) is 6.04 Å². The zero-order valence-electron chi connectivity index (χ0n) is 22.3. The van der Waals surface area contributed by atoms with Crippen molar-refractivity contribution in [1.82, 2.24) is 14.8 Å². The number of carbonyl (C=O) groups excluding carboxylic acids is 2. The number of benzene rings is 2. The number of hydrogen-bond acceptors (Lipinski definition) is 7. The number of Topliss-reactive ketones (excluding diaryl/α,β-unsaturated/α-hetero) is 1. The van der Waals surface area contributed by atoms with E-state index in [1.807, 2.05) is 32.9 Å². The van der Waals surface area contributed by atoms with Crippen molar-refractivity contribution in [2.75, 3.05) is 24.4 Å². The number of fused-ring (bicyclic) bond motifs is 1. The van der Waals surface area contributed by atoms with Crippen molar-refractivity contribution in [3.8, 4) is 11.5 Å². The molecule has 3 aromatic rings. The lowest BCUT2D eigenvalue weighted by Gasteiger charge is -2.38. The number of amides is 1. The molecule has 0 saturated carbocycles. The molecule has 40 heavy (non-hydrogen) atoms. The third-order valence-corrected chi connectivity index (χ3v) is 6.78. The zero-order chi connectivity index (χ0) is 28.8. The number of halogens is 3. The van der Waals surface area contributed by atoms with Crippen molar-refractivity contribution in [3.05, 3.63) is 70.7 Å². The molecule has 0 radical (unpaired) electrons. The molecule has 0 bridgehead atoms. The fraction of sp³-hybridized carbons (Fsp3) is 0.357. The second-order valence-corrected chi connectivity index (χ2v) is 10.7. The summed E-state index contributed by atoms with van der Waals surface area (Å²) < 4.78 is 52.9. The number of hydrogen-bond donors (Lipinski definition) is 2. The Morgan fingerprint density at radius 3 is 2.55 bits per heavy atom. The first kappa shape index (κ1) is 27.2. The van der Waals surface area contributed by atoms with Gasteiger partial charge in [0.15, 0.2) is 23.9 Å². The first-order valence-electron chi connectivity index (χ1n) is 12.6. The van der Waals surface area contributed by atoms with Gasteiger partial charge in [0.05, 0.1) is 7.11 Å². The Hall–Kier alpha value is -4.35. The first-order valence-corrected chi connectivity index (χ1v) is 12.6. The quantitative estimate of drug-likeness (QED) is 0.426. The molecule has 1 atom stereocenters. The van der Waals surface area contributed by atoms with Crippen LogP contribution in [0.5, 0.6) is 11.5 Å². The van der Waals surface area contributed by atoms with Crippen molar-refractivity contribution >= 4 is 23.3 Å². The number of aryl methyl sites for hydroxylation is 1. The Balaban J connectivity index is 1.46. The van der Waals surface area contributed by atoms with Crippen LogP contribution in [0.2, 0.25) is 0 Å². The Kier molecular flexibility index (Phi) is 6.80. The van der Waals surface area contributed by atoms with Gasteiger partial charge < -0.3 is 20.1 Å². The summed E-state index contributed by atoms with van der Waals surface area (Å²) in [7, 11) is 1.41. The van der Waals surface area contributed by atoms with Crippen LogP contribution in [-0.2, 0) is 15.8 Å². The van der Waals surface area contributed by atoms with Crippen LogP contribution in [0.1, 0.15) is 49.7 Å². The third-order valence-electron chi connectivity index (χ3n) is 6.78. The minimum atomic E-state index is -4.77. The molecule has 1 aliphatic heterocycles. The molecule has 5 rings (SSSR count). The average Bonchev–Trinajstić information content (AvgIpc) is 3.31. The molecule has 2 aliphatic rings. The number of nitrogens with one attached hydrogen (secondary N) is 2. The smallest absolute Gasteiger partial charge is 0.453 e. The predicted molar refractivity (Wildman–Crippen MR) is 140 cm³/mol. The van der Waals surface area contributed by atoms with E-state index in [0.29, 0.717) is 28.9 Å². The maximum absolute atomic E-state index is 13.5. The SMILES string of the molecule is COc1cc([C@@H]2C3=C(CC(C)(C)CC3=O)Nc3nc(C(F)(F)F)nn32)ccc1OCC(=O)Nc1ccc(C)cc1. The van der Waals surface area contributed by atoms with Gasteiger partial charge in [-0.25, -0.2) is 4.68 Å². The highest BCUT2D eigenvalue weighted by atomic mass is 19.4. The van der Waals surface area contributed by atoms with Crippen LogP contribution in [-0.4, -0.2) is 40.2 Å². The normalized spacial score (nSPS) is 18.0. The van der Waals surface area contributed by atoms with Crippen LogP contribution in [0.15, 0.2) is 53.7 Å². The molecular weight excluding hydrogens is 527 g/mol. The van der Waals surface area contributed by atoms with Crippen LogP contribution in [0, 0.1) is 12.3 Å². The van der Waals surface area contributed by atoms with Gasteiger partial charge in [-0.05, 0) is 48.6 Å². The summed E-state index contributed by atoms with van der Waals surface area (Å²) in [5.74, 6) is -1.50. The number of anilines is 2. The number of aromatic nitrogens is 3. The highest BCUT2D eigenvalue weighted by molar-refractivity contribution is 6.00. The standard InChI is InChI=1S/C28H28F3N5O4/c1-15-5-8-17(9-6-15)32-22(38)14-40-20-10-7-16(11-21(20)39-4)24-23-18(12-27(2,3)13-19(23)37)33-26-34-25(28(29,30)31)35-36(24)26/h5-11,24H,12-14H2,1-4H3,(H,32,38)(H,33,34,35)/t24-/m1/s1. The Morgan fingerprint density at radius 1 is 1.15 bits per heavy atom. The maximum Gasteiger partial charge on any atom is 0.453 e. The molecule has 210 valence electrons. The van der Waals surface area contributed by atoms with Gasteiger partial charge >= 0.3 is 6.18 Å². The molecule has 0 spiro atoms. The van der Waals surface area contributed by atoms with E-state index in [-0.39, 0.29) is 47.6 Å². The zero-order valence-corrected chi connectivity index (χ0v) is 22.3. The molecule has 12 heteroatoms.